The van der Waals surface area contributed by atoms with Crippen molar-refractivity contribution >= 4 is 38.0 Å². The summed E-state index contributed by atoms with van der Waals surface area (Å²) in [6.07, 6.45) is 7.52. The lowest BCUT2D eigenvalue weighted by atomic mass is 10.0. The van der Waals surface area contributed by atoms with Gasteiger partial charge in [-0.2, -0.15) is 0 Å². The van der Waals surface area contributed by atoms with Gasteiger partial charge >= 0.3 is 0 Å². The standard InChI is InChI=1S/C25H20ClN3O3S/c26-23-14-27-13-18-3-2-16(10-21(18)23)11-24(30)22-12-20(22)17-4-6-19(7-5-17)33(31,32)15-25-28-8-1-9-29-25/h1-10,13-14,20,22H,11-12,15H2. The van der Waals surface area contributed by atoms with Crippen LogP contribution in [-0.2, 0) is 26.8 Å². The van der Waals surface area contributed by atoms with Gasteiger partial charge in [-0.25, -0.2) is 18.4 Å². The van der Waals surface area contributed by atoms with Crippen molar-refractivity contribution in [3.05, 3.63) is 95.3 Å². The van der Waals surface area contributed by atoms with Crippen LogP contribution in [0.4, 0.5) is 0 Å². The fourth-order valence-corrected chi connectivity index (χ4v) is 5.54. The predicted molar refractivity (Wildman–Crippen MR) is 126 cm³/mol. The number of nitrogens with zero attached hydrogens (tertiary/aromatic N) is 3. The van der Waals surface area contributed by atoms with E-state index in [0.29, 0.717) is 11.4 Å². The number of rotatable bonds is 7. The van der Waals surface area contributed by atoms with Gasteiger partial charge in [-0.3, -0.25) is 9.78 Å². The number of aromatic nitrogens is 3. The normalized spacial score (nSPS) is 17.7. The maximum Gasteiger partial charge on any atom is 0.185 e. The fourth-order valence-electron chi connectivity index (χ4n) is 4.12. The number of fused-ring (bicyclic) bond motifs is 1. The largest absolute Gasteiger partial charge is 0.299 e. The molecule has 2 heterocycles. The number of carbonyl (C=O) groups excluding carboxylic acids is 1. The molecule has 1 fully saturated rings. The number of Topliss-reactive ketones (excluding diaryl/α,β-unsaturated/α-hetero) is 1. The van der Waals surface area contributed by atoms with Crippen LogP contribution in [0.2, 0.25) is 5.02 Å². The van der Waals surface area contributed by atoms with Crippen LogP contribution in [-0.4, -0.2) is 29.2 Å². The third-order valence-electron chi connectivity index (χ3n) is 5.96. The summed E-state index contributed by atoms with van der Waals surface area (Å²) in [6, 6.07) is 14.3. The van der Waals surface area contributed by atoms with Crippen LogP contribution in [0, 0.1) is 5.92 Å². The van der Waals surface area contributed by atoms with Crippen LogP contribution in [0.25, 0.3) is 10.8 Å². The highest BCUT2D eigenvalue weighted by atomic mass is 35.5. The lowest BCUT2D eigenvalue weighted by Crippen LogP contribution is -2.08. The molecule has 0 N–H and O–H groups in total. The number of carbonyl (C=O) groups is 1. The van der Waals surface area contributed by atoms with Crippen LogP contribution in [0.15, 0.2) is 78.2 Å². The summed E-state index contributed by atoms with van der Waals surface area (Å²) in [5.41, 5.74) is 1.91. The van der Waals surface area contributed by atoms with Crippen molar-refractivity contribution in [3.63, 3.8) is 0 Å². The fraction of sp³-hybridized carbons (Fsp3) is 0.200. The molecule has 166 valence electrons. The summed E-state index contributed by atoms with van der Waals surface area (Å²) in [5, 5.41) is 2.40. The lowest BCUT2D eigenvalue weighted by molar-refractivity contribution is -0.119. The highest BCUT2D eigenvalue weighted by Crippen LogP contribution is 2.48. The average molecular weight is 478 g/mol. The molecule has 2 unspecified atom stereocenters. The monoisotopic (exact) mass is 477 g/mol. The Morgan fingerprint density at radius 1 is 1.03 bits per heavy atom. The van der Waals surface area contributed by atoms with E-state index in [1.807, 2.05) is 18.2 Å². The van der Waals surface area contributed by atoms with E-state index in [1.165, 1.54) is 12.4 Å². The van der Waals surface area contributed by atoms with Gasteiger partial charge in [-0.1, -0.05) is 35.9 Å². The second-order valence-electron chi connectivity index (χ2n) is 8.26. The Kier molecular flexibility index (Phi) is 5.68. The van der Waals surface area contributed by atoms with Crippen LogP contribution in [0.3, 0.4) is 0 Å². The van der Waals surface area contributed by atoms with Crippen molar-refractivity contribution in [2.75, 3.05) is 0 Å². The Labute approximate surface area is 196 Å². The van der Waals surface area contributed by atoms with E-state index >= 15 is 0 Å². The van der Waals surface area contributed by atoms with Crippen LogP contribution in [0.5, 0.6) is 0 Å². The minimum absolute atomic E-state index is 0.0474. The average Bonchev–Trinajstić information content (AvgIpc) is 3.61. The van der Waals surface area contributed by atoms with Crippen molar-refractivity contribution in [1.29, 1.82) is 0 Å². The smallest absolute Gasteiger partial charge is 0.185 e. The molecule has 33 heavy (non-hydrogen) atoms. The molecule has 1 aliphatic rings. The van der Waals surface area contributed by atoms with E-state index in [1.54, 1.807) is 42.7 Å². The molecule has 0 bridgehead atoms. The van der Waals surface area contributed by atoms with Crippen molar-refractivity contribution in [3.8, 4) is 0 Å². The van der Waals surface area contributed by atoms with Crippen molar-refractivity contribution in [1.82, 2.24) is 15.0 Å². The molecular weight excluding hydrogens is 458 g/mol. The molecular formula is C25H20ClN3O3S. The molecule has 1 saturated carbocycles. The summed E-state index contributed by atoms with van der Waals surface area (Å²) < 4.78 is 25.3. The second-order valence-corrected chi connectivity index (χ2v) is 10.7. The molecule has 2 aromatic carbocycles. The molecule has 4 aromatic rings. The Balaban J connectivity index is 1.25. The van der Waals surface area contributed by atoms with E-state index in [2.05, 4.69) is 15.0 Å². The van der Waals surface area contributed by atoms with Gasteiger partial charge in [-0.05, 0) is 47.7 Å². The Hall–Kier alpha value is -3.16. The van der Waals surface area contributed by atoms with Gasteiger partial charge in [0, 0.05) is 47.9 Å². The maximum absolute atomic E-state index is 12.9. The van der Waals surface area contributed by atoms with Gasteiger partial charge in [0.15, 0.2) is 9.84 Å². The number of halogens is 1. The molecule has 1 aliphatic carbocycles. The predicted octanol–water partition coefficient (Wildman–Crippen LogP) is 4.57. The highest BCUT2D eigenvalue weighted by Gasteiger charge is 2.43. The first-order valence-electron chi connectivity index (χ1n) is 10.5. The molecule has 0 spiro atoms. The quantitative estimate of drug-likeness (QED) is 0.387. The van der Waals surface area contributed by atoms with E-state index in [-0.39, 0.29) is 34.1 Å². The van der Waals surface area contributed by atoms with Crippen molar-refractivity contribution in [2.24, 2.45) is 5.92 Å². The Morgan fingerprint density at radius 2 is 1.79 bits per heavy atom. The van der Waals surface area contributed by atoms with Gasteiger partial charge < -0.3 is 0 Å². The molecule has 5 rings (SSSR count). The van der Waals surface area contributed by atoms with Gasteiger partial charge in [0.05, 0.1) is 9.92 Å². The summed E-state index contributed by atoms with van der Waals surface area (Å²) in [7, 11) is -3.53. The zero-order chi connectivity index (χ0) is 23.0. The van der Waals surface area contributed by atoms with E-state index < -0.39 is 9.84 Å². The third kappa shape index (κ3) is 4.65. The number of hydrogen-bond donors (Lipinski definition) is 0. The van der Waals surface area contributed by atoms with E-state index in [0.717, 1.165) is 28.3 Å². The zero-order valence-electron chi connectivity index (χ0n) is 17.6. The number of pyridine rings is 1. The third-order valence-corrected chi connectivity index (χ3v) is 7.89. The molecule has 0 aliphatic heterocycles. The Bertz CT molecular complexity index is 1440. The van der Waals surface area contributed by atoms with Gasteiger partial charge in [0.2, 0.25) is 0 Å². The van der Waals surface area contributed by atoms with Gasteiger partial charge in [0.25, 0.3) is 0 Å². The summed E-state index contributed by atoms with van der Waals surface area (Å²) >= 11 is 6.24. The molecule has 8 heteroatoms. The minimum atomic E-state index is -3.53. The first kappa shape index (κ1) is 21.7. The van der Waals surface area contributed by atoms with Crippen molar-refractivity contribution < 1.29 is 13.2 Å². The summed E-state index contributed by atoms with van der Waals surface area (Å²) in [6.45, 7) is 0. The minimum Gasteiger partial charge on any atom is -0.299 e. The molecule has 0 radical (unpaired) electrons. The molecule has 2 atom stereocenters. The first-order valence-corrected chi connectivity index (χ1v) is 12.6. The maximum atomic E-state index is 12.9. The summed E-state index contributed by atoms with van der Waals surface area (Å²) in [5.74, 6) is 0.278. The molecule has 0 amide bonds. The number of ketones is 1. The van der Waals surface area contributed by atoms with Crippen molar-refractivity contribution in [2.45, 2.75) is 29.4 Å². The first-order chi connectivity index (χ1) is 15.9. The lowest BCUT2D eigenvalue weighted by Gasteiger charge is -2.06. The van der Waals surface area contributed by atoms with Gasteiger partial charge in [-0.15, -0.1) is 0 Å². The van der Waals surface area contributed by atoms with Crippen LogP contribution >= 0.6 is 11.6 Å². The van der Waals surface area contributed by atoms with E-state index in [9.17, 15) is 13.2 Å². The van der Waals surface area contributed by atoms with Gasteiger partial charge in [0.1, 0.15) is 17.4 Å². The molecule has 6 nitrogen and oxygen atoms in total. The topological polar surface area (TPSA) is 89.9 Å². The zero-order valence-corrected chi connectivity index (χ0v) is 19.1. The van der Waals surface area contributed by atoms with Crippen LogP contribution in [0.1, 0.15) is 29.3 Å². The highest BCUT2D eigenvalue weighted by molar-refractivity contribution is 7.90. The Morgan fingerprint density at radius 3 is 2.55 bits per heavy atom. The second kappa shape index (κ2) is 8.65. The number of hydrogen-bond acceptors (Lipinski definition) is 6. The SMILES string of the molecule is O=C(Cc1ccc2cncc(Cl)c2c1)C1CC1c1ccc(S(=O)(=O)Cc2ncccn2)cc1. The molecule has 2 aromatic heterocycles. The number of sulfone groups is 1. The summed E-state index contributed by atoms with van der Waals surface area (Å²) in [4.78, 5) is 25.1. The number of benzene rings is 2. The van der Waals surface area contributed by atoms with Crippen LogP contribution < -0.4 is 0 Å². The van der Waals surface area contributed by atoms with E-state index in [4.69, 9.17) is 11.6 Å². The molecule has 0 saturated heterocycles.